The van der Waals surface area contributed by atoms with Gasteiger partial charge in [0.05, 0.1) is 12.6 Å². The maximum atomic E-state index is 12.7. The summed E-state index contributed by atoms with van der Waals surface area (Å²) < 4.78 is 11.4. The lowest BCUT2D eigenvalue weighted by atomic mass is 10.0. The number of rotatable bonds is 5. The largest absolute Gasteiger partial charge is 0.486 e. The van der Waals surface area contributed by atoms with E-state index < -0.39 is 0 Å². The van der Waals surface area contributed by atoms with E-state index in [0.29, 0.717) is 19.8 Å². The fraction of sp³-hybridized carbons (Fsp3) is 0.458. The van der Waals surface area contributed by atoms with Gasteiger partial charge in [0.2, 0.25) is 5.91 Å². The van der Waals surface area contributed by atoms with Crippen molar-refractivity contribution in [2.24, 2.45) is 0 Å². The molecule has 0 spiro atoms. The average molecular weight is 395 g/mol. The summed E-state index contributed by atoms with van der Waals surface area (Å²) in [4.78, 5) is 15.0. The van der Waals surface area contributed by atoms with Crippen molar-refractivity contribution in [1.29, 1.82) is 0 Å². The first-order valence-corrected chi connectivity index (χ1v) is 10.5. The summed E-state index contributed by atoms with van der Waals surface area (Å²) in [5.41, 5.74) is 4.86. The molecule has 1 saturated heterocycles. The van der Waals surface area contributed by atoms with Crippen molar-refractivity contribution in [2.75, 3.05) is 26.3 Å². The predicted octanol–water partition coefficient (Wildman–Crippen LogP) is 4.09. The molecular formula is C24H30N2O3. The van der Waals surface area contributed by atoms with Gasteiger partial charge in [0.15, 0.2) is 11.5 Å². The molecule has 0 aliphatic carbocycles. The normalized spacial score (nSPS) is 19.8. The Hall–Kier alpha value is -2.53. The number of benzene rings is 2. The van der Waals surface area contributed by atoms with E-state index in [1.807, 2.05) is 13.0 Å². The van der Waals surface area contributed by atoms with Gasteiger partial charge in [0.1, 0.15) is 13.2 Å². The van der Waals surface area contributed by atoms with E-state index in [1.165, 1.54) is 16.7 Å². The number of carbonyl (C=O) groups is 1. The average Bonchev–Trinajstić information content (AvgIpc) is 3.17. The second kappa shape index (κ2) is 8.46. The van der Waals surface area contributed by atoms with Crippen LogP contribution in [-0.2, 0) is 4.79 Å². The number of nitrogens with zero attached hydrogens (tertiary/aromatic N) is 1. The molecule has 1 fully saturated rings. The van der Waals surface area contributed by atoms with Crippen LogP contribution in [0, 0.1) is 13.8 Å². The molecule has 2 aromatic rings. The summed E-state index contributed by atoms with van der Waals surface area (Å²) in [5.74, 6) is 1.69. The Kier molecular flexibility index (Phi) is 5.76. The first-order valence-electron chi connectivity index (χ1n) is 10.5. The molecule has 154 valence electrons. The van der Waals surface area contributed by atoms with Gasteiger partial charge in [-0.15, -0.1) is 0 Å². The number of aryl methyl sites for hydroxylation is 2. The highest BCUT2D eigenvalue weighted by atomic mass is 16.6. The van der Waals surface area contributed by atoms with Crippen molar-refractivity contribution in [3.05, 3.63) is 58.7 Å². The quantitative estimate of drug-likeness (QED) is 0.830. The summed E-state index contributed by atoms with van der Waals surface area (Å²) >= 11 is 0. The Balaban J connectivity index is 1.40. The fourth-order valence-electron chi connectivity index (χ4n) is 4.25. The van der Waals surface area contributed by atoms with Gasteiger partial charge in [-0.1, -0.05) is 24.3 Å². The number of fused-ring (bicyclic) bond motifs is 1. The molecule has 2 aliphatic rings. The molecule has 1 amide bonds. The number of carbonyl (C=O) groups excluding carboxylic acids is 1. The molecule has 0 unspecified atom stereocenters. The van der Waals surface area contributed by atoms with Crippen molar-refractivity contribution < 1.29 is 14.3 Å². The third-order valence-electron chi connectivity index (χ3n) is 6.07. The minimum absolute atomic E-state index is 0.00264. The van der Waals surface area contributed by atoms with E-state index in [1.54, 1.807) is 0 Å². The summed E-state index contributed by atoms with van der Waals surface area (Å²) in [7, 11) is 0. The second-order valence-corrected chi connectivity index (χ2v) is 8.16. The van der Waals surface area contributed by atoms with Crippen LogP contribution in [0.15, 0.2) is 36.4 Å². The highest BCUT2D eigenvalue weighted by molar-refractivity contribution is 5.78. The highest BCUT2D eigenvalue weighted by Crippen LogP contribution is 2.37. The highest BCUT2D eigenvalue weighted by Gasteiger charge is 2.29. The van der Waals surface area contributed by atoms with Crippen LogP contribution in [-0.4, -0.2) is 37.1 Å². The van der Waals surface area contributed by atoms with Gasteiger partial charge in [-0.05, 0) is 74.5 Å². The molecule has 4 rings (SSSR count). The van der Waals surface area contributed by atoms with Crippen LogP contribution in [0.1, 0.15) is 54.1 Å². The van der Waals surface area contributed by atoms with Crippen LogP contribution in [0.25, 0.3) is 0 Å². The fourth-order valence-corrected chi connectivity index (χ4v) is 4.25. The van der Waals surface area contributed by atoms with E-state index in [4.69, 9.17) is 9.47 Å². The molecule has 2 aromatic carbocycles. The molecule has 2 heterocycles. The van der Waals surface area contributed by atoms with Gasteiger partial charge in [-0.3, -0.25) is 9.69 Å². The van der Waals surface area contributed by atoms with Crippen molar-refractivity contribution >= 4 is 5.91 Å². The third-order valence-corrected chi connectivity index (χ3v) is 6.07. The molecule has 2 atom stereocenters. The molecule has 29 heavy (non-hydrogen) atoms. The lowest BCUT2D eigenvalue weighted by Crippen LogP contribution is -2.38. The maximum Gasteiger partial charge on any atom is 0.234 e. The Morgan fingerprint density at radius 1 is 1.10 bits per heavy atom. The summed E-state index contributed by atoms with van der Waals surface area (Å²) in [6, 6.07) is 12.8. The second-order valence-electron chi connectivity index (χ2n) is 8.16. The van der Waals surface area contributed by atoms with Gasteiger partial charge in [-0.25, -0.2) is 0 Å². The zero-order valence-electron chi connectivity index (χ0n) is 17.5. The minimum atomic E-state index is -0.00264. The van der Waals surface area contributed by atoms with Gasteiger partial charge >= 0.3 is 0 Å². The van der Waals surface area contributed by atoms with Gasteiger partial charge in [0.25, 0.3) is 0 Å². The Morgan fingerprint density at radius 2 is 1.90 bits per heavy atom. The molecule has 2 aliphatic heterocycles. The van der Waals surface area contributed by atoms with E-state index in [-0.39, 0.29) is 18.0 Å². The van der Waals surface area contributed by atoms with E-state index in [0.717, 1.165) is 36.4 Å². The van der Waals surface area contributed by atoms with Crippen LogP contribution >= 0.6 is 0 Å². The molecule has 0 bridgehead atoms. The standard InChI is InChI=1S/C24H30N2O3/c1-16-6-7-19(13-17(16)2)18(3)25-24(27)15-26-10-4-5-21(26)20-8-9-22-23(14-20)29-12-11-28-22/h6-9,13-14,18,21H,4-5,10-12,15H2,1-3H3,(H,25,27)/t18-,21-/m1/s1. The molecule has 5 heteroatoms. The predicted molar refractivity (Wildman–Crippen MR) is 113 cm³/mol. The van der Waals surface area contributed by atoms with Crippen LogP contribution in [0.3, 0.4) is 0 Å². The number of ether oxygens (including phenoxy) is 2. The lowest BCUT2D eigenvalue weighted by Gasteiger charge is -2.27. The topological polar surface area (TPSA) is 50.8 Å². The molecule has 0 aromatic heterocycles. The first-order chi connectivity index (χ1) is 14.0. The van der Waals surface area contributed by atoms with E-state index in [9.17, 15) is 4.79 Å². The Morgan fingerprint density at radius 3 is 2.69 bits per heavy atom. The van der Waals surface area contributed by atoms with Gasteiger partial charge in [-0.2, -0.15) is 0 Å². The maximum absolute atomic E-state index is 12.7. The number of hydrogen-bond acceptors (Lipinski definition) is 4. The number of amides is 1. The molecule has 5 nitrogen and oxygen atoms in total. The van der Waals surface area contributed by atoms with E-state index >= 15 is 0 Å². The molecule has 0 saturated carbocycles. The zero-order valence-corrected chi connectivity index (χ0v) is 17.5. The smallest absolute Gasteiger partial charge is 0.234 e. The summed E-state index contributed by atoms with van der Waals surface area (Å²) in [6.45, 7) is 8.79. The van der Waals surface area contributed by atoms with E-state index in [2.05, 4.69) is 54.4 Å². The van der Waals surface area contributed by atoms with Crippen molar-refractivity contribution in [3.63, 3.8) is 0 Å². The molecule has 1 N–H and O–H groups in total. The SMILES string of the molecule is Cc1ccc([C@@H](C)NC(=O)CN2CCC[C@@H]2c2ccc3c(c2)OCCO3)cc1C. The van der Waals surface area contributed by atoms with Gasteiger partial charge in [0, 0.05) is 6.04 Å². The third kappa shape index (κ3) is 4.40. The lowest BCUT2D eigenvalue weighted by molar-refractivity contribution is -0.123. The van der Waals surface area contributed by atoms with Crippen molar-refractivity contribution in [3.8, 4) is 11.5 Å². The molecule has 0 radical (unpaired) electrons. The molecular weight excluding hydrogens is 364 g/mol. The van der Waals surface area contributed by atoms with Gasteiger partial charge < -0.3 is 14.8 Å². The number of hydrogen-bond donors (Lipinski definition) is 1. The van der Waals surface area contributed by atoms with Crippen LogP contribution in [0.5, 0.6) is 11.5 Å². The monoisotopic (exact) mass is 394 g/mol. The van der Waals surface area contributed by atoms with Crippen molar-refractivity contribution in [2.45, 2.75) is 45.7 Å². The van der Waals surface area contributed by atoms with Crippen LogP contribution < -0.4 is 14.8 Å². The Bertz CT molecular complexity index is 896. The zero-order chi connectivity index (χ0) is 20.4. The number of nitrogens with one attached hydrogen (secondary N) is 1. The summed E-state index contributed by atoms with van der Waals surface area (Å²) in [6.07, 6.45) is 2.15. The number of likely N-dealkylation sites (tertiary alicyclic amines) is 1. The minimum Gasteiger partial charge on any atom is -0.486 e. The van der Waals surface area contributed by atoms with Crippen LogP contribution in [0.2, 0.25) is 0 Å². The van der Waals surface area contributed by atoms with Crippen LogP contribution in [0.4, 0.5) is 0 Å². The summed E-state index contributed by atoms with van der Waals surface area (Å²) in [5, 5.41) is 3.17. The first kappa shape index (κ1) is 19.8. The Labute approximate surface area is 173 Å². The van der Waals surface area contributed by atoms with Crippen molar-refractivity contribution in [1.82, 2.24) is 10.2 Å².